The van der Waals surface area contributed by atoms with Gasteiger partial charge in [-0.05, 0) is 34.3 Å². The zero-order chi connectivity index (χ0) is 12.0. The molecule has 0 aliphatic rings. The molecule has 0 spiro atoms. The monoisotopic (exact) mass is 304 g/mol. The number of hydrogen-bond donors (Lipinski definition) is 1. The Morgan fingerprint density at radius 2 is 2.19 bits per heavy atom. The van der Waals surface area contributed by atoms with Crippen molar-refractivity contribution in [3.05, 3.63) is 21.8 Å². The van der Waals surface area contributed by atoms with E-state index < -0.39 is 0 Å². The second kappa shape index (κ2) is 7.13. The minimum Gasteiger partial charge on any atom is -0.369 e. The Bertz CT molecular complexity index is 329. The van der Waals surface area contributed by atoms with Crippen molar-refractivity contribution in [2.75, 3.05) is 11.9 Å². The average Bonchev–Trinajstić information content (AvgIpc) is 2.20. The highest BCUT2D eigenvalue weighted by Crippen LogP contribution is 2.23. The van der Waals surface area contributed by atoms with E-state index in [-0.39, 0.29) is 0 Å². The first kappa shape index (κ1) is 13.8. The highest BCUT2D eigenvalue weighted by atomic mass is 79.9. The van der Waals surface area contributed by atoms with Crippen molar-refractivity contribution < 1.29 is 0 Å². The molecular formula is C12H18BrClN2. The number of nitrogens with one attached hydrogen (secondary N) is 1. The molecule has 2 nitrogen and oxygen atoms in total. The lowest BCUT2D eigenvalue weighted by molar-refractivity contribution is 0.544. The lowest BCUT2D eigenvalue weighted by Gasteiger charge is -2.08. The number of hydrogen-bond acceptors (Lipinski definition) is 2. The second-order valence-corrected chi connectivity index (χ2v) is 5.59. The van der Waals surface area contributed by atoms with E-state index in [4.69, 9.17) is 11.6 Å². The maximum Gasteiger partial charge on any atom is 0.140 e. The van der Waals surface area contributed by atoms with Crippen LogP contribution in [-0.4, -0.2) is 11.5 Å². The number of rotatable bonds is 6. The first-order valence-corrected chi connectivity index (χ1v) is 6.81. The zero-order valence-corrected chi connectivity index (χ0v) is 12.1. The lowest BCUT2D eigenvalue weighted by Crippen LogP contribution is -2.04. The molecule has 0 amide bonds. The molecule has 0 aromatic carbocycles. The Kier molecular flexibility index (Phi) is 6.14. The van der Waals surface area contributed by atoms with Gasteiger partial charge in [0.1, 0.15) is 5.82 Å². The molecule has 0 saturated heterocycles. The summed E-state index contributed by atoms with van der Waals surface area (Å²) in [5, 5.41) is 3.95. The summed E-state index contributed by atoms with van der Waals surface area (Å²) in [5.41, 5.74) is 0. The SMILES string of the molecule is CC(C)CCCCNc1ncc(Cl)cc1Br. The van der Waals surface area contributed by atoms with Crippen LogP contribution in [0.5, 0.6) is 0 Å². The summed E-state index contributed by atoms with van der Waals surface area (Å²) in [6, 6.07) is 1.85. The molecule has 1 aromatic rings. The van der Waals surface area contributed by atoms with Gasteiger partial charge in [0.25, 0.3) is 0 Å². The Morgan fingerprint density at radius 1 is 1.44 bits per heavy atom. The fourth-order valence-electron chi connectivity index (χ4n) is 1.43. The summed E-state index contributed by atoms with van der Waals surface area (Å²) in [5.74, 6) is 1.66. The van der Waals surface area contributed by atoms with Crippen LogP contribution in [0.4, 0.5) is 5.82 Å². The van der Waals surface area contributed by atoms with Gasteiger partial charge < -0.3 is 5.32 Å². The Hall–Kier alpha value is -0.280. The Morgan fingerprint density at radius 3 is 2.81 bits per heavy atom. The fourth-order valence-corrected chi connectivity index (χ4v) is 2.21. The topological polar surface area (TPSA) is 24.9 Å². The first-order valence-electron chi connectivity index (χ1n) is 5.64. The van der Waals surface area contributed by atoms with E-state index in [0.717, 1.165) is 22.8 Å². The number of pyridine rings is 1. The molecule has 0 atom stereocenters. The molecule has 0 unspecified atom stereocenters. The Labute approximate surface area is 111 Å². The average molecular weight is 306 g/mol. The summed E-state index contributed by atoms with van der Waals surface area (Å²) in [4.78, 5) is 4.22. The first-order chi connectivity index (χ1) is 7.59. The van der Waals surface area contributed by atoms with Crippen molar-refractivity contribution in [2.24, 2.45) is 5.92 Å². The number of aromatic nitrogens is 1. The van der Waals surface area contributed by atoms with E-state index in [1.54, 1.807) is 6.20 Å². The molecular weight excluding hydrogens is 288 g/mol. The Balaban J connectivity index is 2.27. The van der Waals surface area contributed by atoms with Crippen LogP contribution in [0.3, 0.4) is 0 Å². The summed E-state index contributed by atoms with van der Waals surface area (Å²) in [7, 11) is 0. The maximum atomic E-state index is 5.82. The molecule has 1 aromatic heterocycles. The van der Waals surface area contributed by atoms with Gasteiger partial charge in [0.15, 0.2) is 0 Å². The van der Waals surface area contributed by atoms with E-state index in [1.165, 1.54) is 19.3 Å². The molecule has 0 aliphatic heterocycles. The minimum atomic E-state index is 0.650. The van der Waals surface area contributed by atoms with Crippen LogP contribution in [0, 0.1) is 5.92 Å². The third-order valence-corrected chi connectivity index (χ3v) is 3.12. The highest BCUT2D eigenvalue weighted by molar-refractivity contribution is 9.10. The highest BCUT2D eigenvalue weighted by Gasteiger charge is 2.01. The van der Waals surface area contributed by atoms with Crippen molar-refractivity contribution >= 4 is 33.3 Å². The smallest absolute Gasteiger partial charge is 0.140 e. The molecule has 16 heavy (non-hydrogen) atoms. The number of nitrogens with zero attached hydrogens (tertiary/aromatic N) is 1. The summed E-state index contributed by atoms with van der Waals surface area (Å²) in [6.07, 6.45) is 5.38. The summed E-state index contributed by atoms with van der Waals surface area (Å²) in [6.45, 7) is 5.47. The third-order valence-electron chi connectivity index (χ3n) is 2.31. The lowest BCUT2D eigenvalue weighted by atomic mass is 10.1. The van der Waals surface area contributed by atoms with Gasteiger partial charge in [-0.2, -0.15) is 0 Å². The molecule has 0 aliphatic carbocycles. The maximum absolute atomic E-state index is 5.82. The van der Waals surface area contributed by atoms with E-state index in [2.05, 4.69) is 40.1 Å². The quantitative estimate of drug-likeness (QED) is 0.768. The van der Waals surface area contributed by atoms with Crippen molar-refractivity contribution in [1.29, 1.82) is 0 Å². The van der Waals surface area contributed by atoms with Crippen LogP contribution in [-0.2, 0) is 0 Å². The predicted octanol–water partition coefficient (Wildman–Crippen LogP) is 4.74. The number of unbranched alkanes of at least 4 members (excludes halogenated alkanes) is 1. The van der Waals surface area contributed by atoms with E-state index in [9.17, 15) is 0 Å². The zero-order valence-electron chi connectivity index (χ0n) is 9.76. The van der Waals surface area contributed by atoms with E-state index >= 15 is 0 Å². The van der Waals surface area contributed by atoms with Gasteiger partial charge in [-0.25, -0.2) is 4.98 Å². The number of halogens is 2. The molecule has 90 valence electrons. The van der Waals surface area contributed by atoms with Gasteiger partial charge in [-0.1, -0.05) is 38.3 Å². The van der Waals surface area contributed by atoms with Crippen molar-refractivity contribution in [1.82, 2.24) is 4.98 Å². The van der Waals surface area contributed by atoms with Crippen molar-refractivity contribution in [3.63, 3.8) is 0 Å². The van der Waals surface area contributed by atoms with Gasteiger partial charge in [-0.3, -0.25) is 0 Å². The van der Waals surface area contributed by atoms with Crippen LogP contribution in [0.2, 0.25) is 5.02 Å². The van der Waals surface area contributed by atoms with E-state index in [1.807, 2.05) is 6.07 Å². The largest absolute Gasteiger partial charge is 0.369 e. The van der Waals surface area contributed by atoms with Gasteiger partial charge in [0, 0.05) is 12.7 Å². The van der Waals surface area contributed by atoms with E-state index in [0.29, 0.717) is 5.02 Å². The number of anilines is 1. The van der Waals surface area contributed by atoms with Crippen LogP contribution >= 0.6 is 27.5 Å². The van der Waals surface area contributed by atoms with Crippen molar-refractivity contribution in [2.45, 2.75) is 33.1 Å². The molecule has 0 bridgehead atoms. The molecule has 0 radical (unpaired) electrons. The third kappa shape index (κ3) is 5.17. The van der Waals surface area contributed by atoms with Crippen LogP contribution in [0.1, 0.15) is 33.1 Å². The molecule has 0 saturated carbocycles. The molecule has 4 heteroatoms. The fraction of sp³-hybridized carbons (Fsp3) is 0.583. The molecule has 1 heterocycles. The predicted molar refractivity (Wildman–Crippen MR) is 74.1 cm³/mol. The molecule has 1 rings (SSSR count). The van der Waals surface area contributed by atoms with Gasteiger partial charge in [0.05, 0.1) is 9.50 Å². The second-order valence-electron chi connectivity index (χ2n) is 4.30. The minimum absolute atomic E-state index is 0.650. The summed E-state index contributed by atoms with van der Waals surface area (Å²) >= 11 is 9.25. The standard InChI is InChI=1S/C12H18BrClN2/c1-9(2)5-3-4-6-15-12-11(13)7-10(14)8-16-12/h7-9H,3-6H2,1-2H3,(H,15,16). The van der Waals surface area contributed by atoms with Crippen LogP contribution < -0.4 is 5.32 Å². The molecule has 0 fully saturated rings. The van der Waals surface area contributed by atoms with Gasteiger partial charge in [-0.15, -0.1) is 0 Å². The van der Waals surface area contributed by atoms with Gasteiger partial charge in [0.2, 0.25) is 0 Å². The van der Waals surface area contributed by atoms with Gasteiger partial charge >= 0.3 is 0 Å². The van der Waals surface area contributed by atoms with Crippen LogP contribution in [0.25, 0.3) is 0 Å². The molecule has 1 N–H and O–H groups in total. The summed E-state index contributed by atoms with van der Waals surface area (Å²) < 4.78 is 0.920. The normalized spacial score (nSPS) is 10.8. The van der Waals surface area contributed by atoms with Crippen LogP contribution in [0.15, 0.2) is 16.7 Å². The van der Waals surface area contributed by atoms with Crippen molar-refractivity contribution in [3.8, 4) is 0 Å².